The normalized spacial score (nSPS) is 18.2. The van der Waals surface area contributed by atoms with Gasteiger partial charge in [-0.15, -0.1) is 0 Å². The van der Waals surface area contributed by atoms with Crippen LogP contribution >= 0.6 is 0 Å². The number of rotatable bonds is 4. The highest BCUT2D eigenvalue weighted by Crippen LogP contribution is 2.26. The number of hydrogen-bond donors (Lipinski definition) is 0. The summed E-state index contributed by atoms with van der Waals surface area (Å²) < 4.78 is 1.96. The summed E-state index contributed by atoms with van der Waals surface area (Å²) in [6.07, 6.45) is 8.59. The van der Waals surface area contributed by atoms with Crippen LogP contribution in [0.25, 0.3) is 11.4 Å². The number of piperidine rings is 1. The molecular weight excluding hydrogens is 290 g/mol. The fourth-order valence-electron chi connectivity index (χ4n) is 3.13. The molecule has 1 atom stereocenters. The lowest BCUT2D eigenvalue weighted by molar-refractivity contribution is -0.130. The van der Waals surface area contributed by atoms with E-state index in [0.717, 1.165) is 56.0 Å². The molecule has 0 spiro atoms. The molecule has 3 heterocycles. The summed E-state index contributed by atoms with van der Waals surface area (Å²) in [4.78, 5) is 22.7. The molecule has 6 heteroatoms. The Morgan fingerprint density at radius 2 is 2.22 bits per heavy atom. The number of aromatic nitrogens is 4. The first kappa shape index (κ1) is 15.6. The maximum absolute atomic E-state index is 11.6. The van der Waals surface area contributed by atoms with Crippen LogP contribution in [0.2, 0.25) is 0 Å². The van der Waals surface area contributed by atoms with Crippen molar-refractivity contribution in [1.82, 2.24) is 24.6 Å². The minimum absolute atomic E-state index is 0.141. The van der Waals surface area contributed by atoms with E-state index < -0.39 is 0 Å². The molecule has 6 nitrogen and oxygen atoms in total. The summed E-state index contributed by atoms with van der Waals surface area (Å²) in [5.41, 5.74) is 2.82. The molecule has 1 unspecified atom stereocenters. The van der Waals surface area contributed by atoms with Crippen molar-refractivity contribution >= 4 is 5.91 Å². The second-order valence-corrected chi connectivity index (χ2v) is 6.07. The van der Waals surface area contributed by atoms with Crippen molar-refractivity contribution in [3.05, 3.63) is 30.4 Å². The van der Waals surface area contributed by atoms with E-state index in [2.05, 4.69) is 22.0 Å². The first-order valence-electron chi connectivity index (χ1n) is 8.28. The first-order valence-corrected chi connectivity index (χ1v) is 8.28. The molecule has 1 aliphatic heterocycles. The number of hydrogen-bond acceptors (Lipinski definition) is 4. The van der Waals surface area contributed by atoms with Crippen molar-refractivity contribution in [2.45, 2.75) is 45.6 Å². The van der Waals surface area contributed by atoms with Crippen LogP contribution in [0.15, 0.2) is 24.7 Å². The lowest BCUT2D eigenvalue weighted by Gasteiger charge is -2.31. The van der Waals surface area contributed by atoms with Gasteiger partial charge in [-0.3, -0.25) is 19.4 Å². The molecule has 0 bridgehead atoms. The second-order valence-electron chi connectivity index (χ2n) is 6.07. The summed E-state index contributed by atoms with van der Waals surface area (Å²) in [6.45, 7) is 6.24. The fourth-order valence-corrected chi connectivity index (χ4v) is 3.13. The Labute approximate surface area is 136 Å². The Morgan fingerprint density at radius 1 is 1.35 bits per heavy atom. The number of likely N-dealkylation sites (tertiary alicyclic amines) is 1. The zero-order chi connectivity index (χ0) is 16.2. The average molecular weight is 313 g/mol. The smallest absolute Gasteiger partial charge is 0.219 e. The molecule has 0 radical (unpaired) electrons. The zero-order valence-electron chi connectivity index (χ0n) is 13.8. The lowest BCUT2D eigenvalue weighted by atomic mass is 9.95. The summed E-state index contributed by atoms with van der Waals surface area (Å²) in [6, 6.07) is 1.97. The SMILES string of the molecule is CCCn1nccc1-c1cnc(C2CCCN(C(C)=O)C2)cn1. The Kier molecular flexibility index (Phi) is 4.69. The highest BCUT2D eigenvalue weighted by molar-refractivity contribution is 5.73. The molecule has 1 amide bonds. The molecule has 3 rings (SSSR count). The number of carbonyl (C=O) groups is 1. The van der Waals surface area contributed by atoms with Gasteiger partial charge in [0.25, 0.3) is 0 Å². The Balaban J connectivity index is 1.76. The third-order valence-electron chi connectivity index (χ3n) is 4.37. The standard InChI is InChI=1S/C17H23N5O/c1-3-8-22-17(6-7-20-22)16-11-18-15(10-19-16)14-5-4-9-21(12-14)13(2)23/h6-7,10-11,14H,3-5,8-9,12H2,1-2H3. The van der Waals surface area contributed by atoms with Gasteiger partial charge in [-0.2, -0.15) is 5.10 Å². The van der Waals surface area contributed by atoms with Crippen LogP contribution in [0, 0.1) is 0 Å². The van der Waals surface area contributed by atoms with E-state index in [-0.39, 0.29) is 11.8 Å². The molecule has 122 valence electrons. The van der Waals surface area contributed by atoms with Gasteiger partial charge in [-0.25, -0.2) is 0 Å². The van der Waals surface area contributed by atoms with Crippen LogP contribution in [-0.4, -0.2) is 43.6 Å². The summed E-state index contributed by atoms with van der Waals surface area (Å²) >= 11 is 0. The van der Waals surface area contributed by atoms with Crippen LogP contribution in [0.4, 0.5) is 0 Å². The van der Waals surface area contributed by atoms with Gasteiger partial charge < -0.3 is 4.90 Å². The van der Waals surface area contributed by atoms with Gasteiger partial charge in [-0.1, -0.05) is 6.92 Å². The van der Waals surface area contributed by atoms with Crippen LogP contribution in [0.5, 0.6) is 0 Å². The molecule has 0 saturated carbocycles. The van der Waals surface area contributed by atoms with Crippen molar-refractivity contribution in [3.8, 4) is 11.4 Å². The maximum Gasteiger partial charge on any atom is 0.219 e. The number of carbonyl (C=O) groups excluding carboxylic acids is 1. The van der Waals surface area contributed by atoms with E-state index in [0.29, 0.717) is 0 Å². The predicted octanol–water partition coefficient (Wildman–Crippen LogP) is 2.48. The molecule has 1 aliphatic rings. The third kappa shape index (κ3) is 3.41. The third-order valence-corrected chi connectivity index (χ3v) is 4.37. The maximum atomic E-state index is 11.6. The van der Waals surface area contributed by atoms with Gasteiger partial charge in [0.1, 0.15) is 5.69 Å². The quantitative estimate of drug-likeness (QED) is 0.870. The molecule has 0 N–H and O–H groups in total. The zero-order valence-corrected chi connectivity index (χ0v) is 13.8. The van der Waals surface area contributed by atoms with Crippen LogP contribution in [0.3, 0.4) is 0 Å². The van der Waals surface area contributed by atoms with Crippen molar-refractivity contribution in [2.75, 3.05) is 13.1 Å². The predicted molar refractivity (Wildman–Crippen MR) is 87.8 cm³/mol. The molecule has 0 aromatic carbocycles. The largest absolute Gasteiger partial charge is 0.342 e. The van der Waals surface area contributed by atoms with E-state index >= 15 is 0 Å². The summed E-state index contributed by atoms with van der Waals surface area (Å²) in [5, 5.41) is 4.33. The lowest BCUT2D eigenvalue weighted by Crippen LogP contribution is -2.37. The van der Waals surface area contributed by atoms with Gasteiger partial charge in [0.15, 0.2) is 0 Å². The highest BCUT2D eigenvalue weighted by atomic mass is 16.2. The van der Waals surface area contributed by atoms with E-state index in [1.54, 1.807) is 13.1 Å². The Hall–Kier alpha value is -2.24. The van der Waals surface area contributed by atoms with E-state index in [4.69, 9.17) is 0 Å². The molecule has 1 saturated heterocycles. The molecule has 2 aromatic rings. The van der Waals surface area contributed by atoms with Crippen molar-refractivity contribution in [1.29, 1.82) is 0 Å². The molecule has 1 fully saturated rings. The van der Waals surface area contributed by atoms with Crippen LogP contribution < -0.4 is 0 Å². The van der Waals surface area contributed by atoms with E-state index in [1.807, 2.05) is 28.0 Å². The molecule has 23 heavy (non-hydrogen) atoms. The van der Waals surface area contributed by atoms with E-state index in [9.17, 15) is 4.79 Å². The molecule has 0 aliphatic carbocycles. The molecule has 2 aromatic heterocycles. The average Bonchev–Trinajstić information content (AvgIpc) is 3.04. The minimum atomic E-state index is 0.141. The summed E-state index contributed by atoms with van der Waals surface area (Å²) in [7, 11) is 0. The number of amides is 1. The monoisotopic (exact) mass is 313 g/mol. The topological polar surface area (TPSA) is 63.9 Å². The Bertz CT molecular complexity index is 664. The first-order chi connectivity index (χ1) is 11.2. The second kappa shape index (κ2) is 6.89. The fraction of sp³-hybridized carbons (Fsp3) is 0.529. The number of nitrogens with zero attached hydrogens (tertiary/aromatic N) is 5. The Morgan fingerprint density at radius 3 is 2.91 bits per heavy atom. The van der Waals surface area contributed by atoms with Crippen molar-refractivity contribution < 1.29 is 4.79 Å². The van der Waals surface area contributed by atoms with Gasteiger partial charge in [-0.05, 0) is 25.3 Å². The number of aryl methyl sites for hydroxylation is 1. The van der Waals surface area contributed by atoms with Gasteiger partial charge in [0.2, 0.25) is 5.91 Å². The van der Waals surface area contributed by atoms with Crippen LogP contribution in [-0.2, 0) is 11.3 Å². The summed E-state index contributed by atoms with van der Waals surface area (Å²) in [5.74, 6) is 0.428. The van der Waals surface area contributed by atoms with Gasteiger partial charge >= 0.3 is 0 Å². The highest BCUT2D eigenvalue weighted by Gasteiger charge is 2.24. The van der Waals surface area contributed by atoms with Gasteiger partial charge in [0, 0.05) is 44.9 Å². The minimum Gasteiger partial charge on any atom is -0.342 e. The molecular formula is C17H23N5O. The van der Waals surface area contributed by atoms with Crippen molar-refractivity contribution in [3.63, 3.8) is 0 Å². The van der Waals surface area contributed by atoms with Crippen molar-refractivity contribution in [2.24, 2.45) is 0 Å². The van der Waals surface area contributed by atoms with E-state index in [1.165, 1.54) is 0 Å². The van der Waals surface area contributed by atoms with Crippen LogP contribution in [0.1, 0.15) is 44.7 Å². The van der Waals surface area contributed by atoms with Gasteiger partial charge in [0.05, 0.1) is 17.6 Å².